The van der Waals surface area contributed by atoms with Gasteiger partial charge in [0.15, 0.2) is 0 Å². The second-order valence-corrected chi connectivity index (χ2v) is 4.60. The maximum atomic E-state index is 11.8. The van der Waals surface area contributed by atoms with Gasteiger partial charge in [-0.2, -0.15) is 5.26 Å². The van der Waals surface area contributed by atoms with E-state index in [0.29, 0.717) is 4.57 Å². The average Bonchev–Trinajstić information content (AvgIpc) is 2.68. The summed E-state index contributed by atoms with van der Waals surface area (Å²) < 4.78 is 5.67. The number of aliphatic hydroxyl groups excluding tert-OH is 3. The Morgan fingerprint density at radius 2 is 2.20 bits per heavy atom. The smallest absolute Gasteiger partial charge is 0.331 e. The Balaban J connectivity index is 2.65. The fourth-order valence-electron chi connectivity index (χ4n) is 1.99. The number of nitrogens with one attached hydrogen (secondary N) is 1. The molecule has 20 heavy (non-hydrogen) atoms. The molecule has 1 fully saturated rings. The van der Waals surface area contributed by atoms with Crippen molar-refractivity contribution in [3.8, 4) is 6.07 Å². The zero-order valence-electron chi connectivity index (χ0n) is 9.86. The highest BCUT2D eigenvalue weighted by Crippen LogP contribution is 2.34. The molecule has 108 valence electrons. The molecule has 4 atom stereocenters. The molecule has 0 amide bonds. The van der Waals surface area contributed by atoms with Crippen molar-refractivity contribution in [2.75, 3.05) is 6.61 Å². The number of rotatable bonds is 2. The van der Waals surface area contributed by atoms with Crippen molar-refractivity contribution >= 4 is 11.6 Å². The normalized spacial score (nSPS) is 33.0. The number of hydrogen-bond acceptors (Lipinski definition) is 7. The molecule has 2 heterocycles. The summed E-state index contributed by atoms with van der Waals surface area (Å²) in [5.74, 6) is 0. The molecule has 1 aromatic rings. The second-order valence-electron chi connectivity index (χ2n) is 4.19. The molecule has 0 radical (unpaired) electrons. The van der Waals surface area contributed by atoms with Gasteiger partial charge in [-0.05, 0) is 0 Å². The summed E-state index contributed by atoms with van der Waals surface area (Å²) in [5.41, 5.74) is -4.21. The molecule has 9 nitrogen and oxygen atoms in total. The first-order valence-corrected chi connectivity index (χ1v) is 5.83. The van der Waals surface area contributed by atoms with Crippen molar-refractivity contribution in [3.63, 3.8) is 0 Å². The number of aromatic amines is 1. The summed E-state index contributed by atoms with van der Waals surface area (Å²) in [5, 5.41) is 37.5. The number of nitriles is 1. The number of hydrogen-bond donors (Lipinski definition) is 4. The minimum absolute atomic E-state index is 0.406. The van der Waals surface area contributed by atoms with Gasteiger partial charge in [-0.15, -0.1) is 0 Å². The molecule has 2 rings (SSSR count). The van der Waals surface area contributed by atoms with Crippen molar-refractivity contribution in [1.29, 1.82) is 5.26 Å². The lowest BCUT2D eigenvalue weighted by atomic mass is 10.0. The third-order valence-electron chi connectivity index (χ3n) is 3.03. The van der Waals surface area contributed by atoms with Gasteiger partial charge >= 0.3 is 5.69 Å². The van der Waals surface area contributed by atoms with Gasteiger partial charge in [-0.3, -0.25) is 14.3 Å². The first kappa shape index (κ1) is 14.7. The SMILES string of the molecule is N#C[C@@]1(n2cc(Cl)c(=O)[nH]c2=O)O[C@H](CO)[C@@H](O)[C@H]1O. The first-order chi connectivity index (χ1) is 9.37. The van der Waals surface area contributed by atoms with Gasteiger partial charge in [-0.25, -0.2) is 4.79 Å². The van der Waals surface area contributed by atoms with Gasteiger partial charge in [0.05, 0.1) is 6.61 Å². The zero-order valence-corrected chi connectivity index (χ0v) is 10.6. The van der Waals surface area contributed by atoms with Gasteiger partial charge in [0, 0.05) is 6.20 Å². The van der Waals surface area contributed by atoms with Gasteiger partial charge < -0.3 is 20.1 Å². The minimum Gasteiger partial charge on any atom is -0.394 e. The van der Waals surface area contributed by atoms with Crippen LogP contribution in [0.4, 0.5) is 0 Å². The standard InChI is InChI=1S/C10H10ClN3O6/c11-4-1-14(9(19)13-8(4)18)10(3-12)7(17)6(16)5(2-15)20-10/h1,5-7,15-17H,2H2,(H,13,18,19)/t5-,6-,7-,10-/m1/s1. The van der Waals surface area contributed by atoms with E-state index in [9.17, 15) is 25.1 Å². The van der Waals surface area contributed by atoms with Gasteiger partial charge in [0.25, 0.3) is 11.3 Å². The van der Waals surface area contributed by atoms with Crippen molar-refractivity contribution in [2.45, 2.75) is 24.0 Å². The Bertz CT molecular complexity index is 679. The van der Waals surface area contributed by atoms with E-state index in [1.807, 2.05) is 4.98 Å². The molecule has 1 aliphatic heterocycles. The summed E-state index contributed by atoms with van der Waals surface area (Å²) in [4.78, 5) is 24.8. The van der Waals surface area contributed by atoms with Crippen LogP contribution >= 0.6 is 11.6 Å². The molecular formula is C10H10ClN3O6. The topological polar surface area (TPSA) is 149 Å². The Hall–Kier alpha value is -1.70. The molecule has 10 heteroatoms. The maximum Gasteiger partial charge on any atom is 0.331 e. The Kier molecular flexibility index (Phi) is 3.68. The van der Waals surface area contributed by atoms with E-state index in [4.69, 9.17) is 21.4 Å². The van der Waals surface area contributed by atoms with E-state index in [1.54, 1.807) is 6.07 Å². The largest absolute Gasteiger partial charge is 0.394 e. The number of ether oxygens (including phenoxy) is 1. The van der Waals surface area contributed by atoms with Gasteiger partial charge in [0.1, 0.15) is 29.4 Å². The quantitative estimate of drug-likeness (QED) is 0.471. The number of aromatic nitrogens is 2. The third kappa shape index (κ3) is 1.94. The average molecular weight is 304 g/mol. The highest BCUT2D eigenvalue weighted by molar-refractivity contribution is 6.30. The second kappa shape index (κ2) is 5.01. The first-order valence-electron chi connectivity index (χ1n) is 5.45. The summed E-state index contributed by atoms with van der Waals surface area (Å²) in [6.07, 6.45) is -3.84. The summed E-state index contributed by atoms with van der Waals surface area (Å²) in [7, 11) is 0. The lowest BCUT2D eigenvalue weighted by molar-refractivity contribution is -0.109. The molecule has 0 unspecified atom stereocenters. The molecule has 0 saturated carbocycles. The van der Waals surface area contributed by atoms with Crippen LogP contribution in [0.25, 0.3) is 0 Å². The number of aliphatic hydroxyl groups is 3. The fourth-order valence-corrected chi connectivity index (χ4v) is 2.14. The van der Waals surface area contributed by atoms with Gasteiger partial charge in [-0.1, -0.05) is 11.6 Å². The van der Waals surface area contributed by atoms with Crippen LogP contribution < -0.4 is 11.2 Å². The zero-order chi connectivity index (χ0) is 15.1. The molecule has 4 N–H and O–H groups in total. The summed E-state index contributed by atoms with van der Waals surface area (Å²) in [6, 6.07) is 1.56. The lowest BCUT2D eigenvalue weighted by Crippen LogP contribution is -2.50. The van der Waals surface area contributed by atoms with Crippen molar-refractivity contribution in [1.82, 2.24) is 9.55 Å². The van der Waals surface area contributed by atoms with E-state index in [2.05, 4.69) is 0 Å². The van der Waals surface area contributed by atoms with E-state index in [1.165, 1.54) is 0 Å². The monoisotopic (exact) mass is 303 g/mol. The molecule has 1 aromatic heterocycles. The predicted molar refractivity (Wildman–Crippen MR) is 63.9 cm³/mol. The number of nitrogens with zero attached hydrogens (tertiary/aromatic N) is 2. The third-order valence-corrected chi connectivity index (χ3v) is 3.30. The molecule has 0 aromatic carbocycles. The van der Waals surface area contributed by atoms with Crippen LogP contribution in [-0.2, 0) is 10.5 Å². The lowest BCUT2D eigenvalue weighted by Gasteiger charge is -2.26. The highest BCUT2D eigenvalue weighted by Gasteiger charge is 2.56. The Morgan fingerprint density at radius 1 is 1.55 bits per heavy atom. The Morgan fingerprint density at radius 3 is 2.70 bits per heavy atom. The van der Waals surface area contributed by atoms with Crippen LogP contribution in [0.1, 0.15) is 0 Å². The minimum atomic E-state index is -2.29. The van der Waals surface area contributed by atoms with Crippen LogP contribution in [0.5, 0.6) is 0 Å². The summed E-state index contributed by atoms with van der Waals surface area (Å²) in [6.45, 7) is -0.673. The molecule has 0 spiro atoms. The number of halogens is 1. The molecular weight excluding hydrogens is 294 g/mol. The van der Waals surface area contributed by atoms with Crippen LogP contribution in [-0.4, -0.2) is 49.8 Å². The Labute approximate surface area is 116 Å². The van der Waals surface area contributed by atoms with Crippen LogP contribution in [0, 0.1) is 11.3 Å². The maximum absolute atomic E-state index is 11.8. The van der Waals surface area contributed by atoms with Crippen LogP contribution in [0.2, 0.25) is 5.02 Å². The van der Waals surface area contributed by atoms with E-state index >= 15 is 0 Å². The fraction of sp³-hybridized carbons (Fsp3) is 0.500. The molecule has 0 aliphatic carbocycles. The highest BCUT2D eigenvalue weighted by atomic mass is 35.5. The summed E-state index contributed by atoms with van der Waals surface area (Å²) >= 11 is 5.58. The van der Waals surface area contributed by atoms with Crippen molar-refractivity contribution < 1.29 is 20.1 Å². The van der Waals surface area contributed by atoms with Crippen LogP contribution in [0.3, 0.4) is 0 Å². The van der Waals surface area contributed by atoms with E-state index in [0.717, 1.165) is 6.20 Å². The van der Waals surface area contributed by atoms with E-state index in [-0.39, 0.29) is 0 Å². The van der Waals surface area contributed by atoms with Crippen molar-refractivity contribution in [2.24, 2.45) is 0 Å². The number of H-pyrrole nitrogens is 1. The van der Waals surface area contributed by atoms with Crippen molar-refractivity contribution in [3.05, 3.63) is 32.1 Å². The van der Waals surface area contributed by atoms with E-state index < -0.39 is 46.9 Å². The molecule has 0 bridgehead atoms. The molecule has 1 saturated heterocycles. The van der Waals surface area contributed by atoms with Gasteiger partial charge in [0.2, 0.25) is 0 Å². The van der Waals surface area contributed by atoms with Crippen LogP contribution in [0.15, 0.2) is 15.8 Å². The predicted octanol–water partition coefficient (Wildman–Crippen LogP) is -2.52. The molecule has 1 aliphatic rings.